The number of piperidine rings is 1. The molecule has 0 radical (unpaired) electrons. The number of benzene rings is 1. The predicted molar refractivity (Wildman–Crippen MR) is 78.4 cm³/mol. The zero-order valence-electron chi connectivity index (χ0n) is 13.0. The van der Waals surface area contributed by atoms with Crippen molar-refractivity contribution in [1.29, 1.82) is 0 Å². The molecule has 1 aliphatic heterocycles. The number of hydrogen-bond donors (Lipinski definition) is 0. The van der Waals surface area contributed by atoms with Gasteiger partial charge in [0, 0.05) is 13.1 Å². The number of likely N-dealkylation sites (tertiary alicyclic amines) is 1. The van der Waals surface area contributed by atoms with Gasteiger partial charge < -0.3 is 9.42 Å². The van der Waals surface area contributed by atoms with Gasteiger partial charge in [-0.2, -0.15) is 18.2 Å². The van der Waals surface area contributed by atoms with Crippen molar-refractivity contribution in [3.8, 4) is 0 Å². The zero-order chi connectivity index (χ0) is 17.3. The van der Waals surface area contributed by atoms with E-state index in [1.54, 1.807) is 6.92 Å². The molecule has 3 rings (SSSR count). The quantitative estimate of drug-likeness (QED) is 0.841. The van der Waals surface area contributed by atoms with E-state index >= 15 is 0 Å². The number of hydrogen-bond acceptors (Lipinski definition) is 4. The van der Waals surface area contributed by atoms with Crippen LogP contribution in [0.4, 0.5) is 13.2 Å². The monoisotopic (exact) mass is 339 g/mol. The fourth-order valence-corrected chi connectivity index (χ4v) is 2.93. The first-order valence-electron chi connectivity index (χ1n) is 7.62. The van der Waals surface area contributed by atoms with Crippen molar-refractivity contribution in [3.05, 3.63) is 47.1 Å². The molecule has 0 spiro atoms. The van der Waals surface area contributed by atoms with Crippen LogP contribution in [-0.4, -0.2) is 34.0 Å². The number of amides is 1. The molecule has 1 saturated heterocycles. The molecule has 1 atom stereocenters. The summed E-state index contributed by atoms with van der Waals surface area (Å²) < 4.78 is 44.5. The predicted octanol–water partition coefficient (Wildman–Crippen LogP) is 3.42. The summed E-state index contributed by atoms with van der Waals surface area (Å²) in [7, 11) is 0. The second-order valence-corrected chi connectivity index (χ2v) is 5.81. The lowest BCUT2D eigenvalue weighted by Crippen LogP contribution is -2.40. The van der Waals surface area contributed by atoms with Gasteiger partial charge in [-0.25, -0.2) is 0 Å². The van der Waals surface area contributed by atoms with Crippen LogP contribution >= 0.6 is 0 Å². The van der Waals surface area contributed by atoms with Gasteiger partial charge >= 0.3 is 6.18 Å². The van der Waals surface area contributed by atoms with E-state index in [0.717, 1.165) is 12.5 Å². The molecule has 5 nitrogen and oxygen atoms in total. The number of halogens is 3. The Kier molecular flexibility index (Phi) is 4.29. The fourth-order valence-electron chi connectivity index (χ4n) is 2.93. The van der Waals surface area contributed by atoms with E-state index in [1.165, 1.54) is 23.1 Å². The van der Waals surface area contributed by atoms with Crippen molar-refractivity contribution >= 4 is 5.91 Å². The van der Waals surface area contributed by atoms with Crippen LogP contribution in [0.1, 0.15) is 46.4 Å². The van der Waals surface area contributed by atoms with Gasteiger partial charge in [0.05, 0.1) is 17.0 Å². The van der Waals surface area contributed by atoms with Gasteiger partial charge in [0.1, 0.15) is 0 Å². The molecule has 1 aromatic carbocycles. The van der Waals surface area contributed by atoms with Crippen LogP contribution in [0.25, 0.3) is 0 Å². The third kappa shape index (κ3) is 3.27. The number of carbonyl (C=O) groups excluding carboxylic acids is 1. The molecular formula is C16H16F3N3O2. The van der Waals surface area contributed by atoms with Crippen LogP contribution in [0.2, 0.25) is 0 Å². The Bertz CT molecular complexity index is 742. The molecule has 1 aromatic heterocycles. The van der Waals surface area contributed by atoms with Gasteiger partial charge in [0.25, 0.3) is 5.91 Å². The van der Waals surface area contributed by atoms with E-state index in [9.17, 15) is 18.0 Å². The highest BCUT2D eigenvalue weighted by Gasteiger charge is 2.37. The van der Waals surface area contributed by atoms with Gasteiger partial charge in [-0.15, -0.1) is 0 Å². The molecule has 2 heterocycles. The second-order valence-electron chi connectivity index (χ2n) is 5.81. The normalized spacial score (nSPS) is 18.7. The number of nitrogens with zero attached hydrogens (tertiary/aromatic N) is 3. The third-order valence-corrected chi connectivity index (χ3v) is 4.06. The van der Waals surface area contributed by atoms with E-state index in [4.69, 9.17) is 4.52 Å². The van der Waals surface area contributed by atoms with Crippen molar-refractivity contribution in [3.63, 3.8) is 0 Å². The Morgan fingerprint density at radius 1 is 1.33 bits per heavy atom. The number of aryl methyl sites for hydroxylation is 1. The Hall–Kier alpha value is -2.38. The van der Waals surface area contributed by atoms with Gasteiger partial charge in [-0.05, 0) is 31.9 Å². The second kappa shape index (κ2) is 6.26. The molecule has 2 aromatic rings. The van der Waals surface area contributed by atoms with E-state index < -0.39 is 17.6 Å². The van der Waals surface area contributed by atoms with Crippen molar-refractivity contribution in [2.45, 2.75) is 31.9 Å². The topological polar surface area (TPSA) is 59.2 Å². The summed E-state index contributed by atoms with van der Waals surface area (Å²) in [5, 5.41) is 3.73. The Morgan fingerprint density at radius 3 is 2.75 bits per heavy atom. The smallest absolute Gasteiger partial charge is 0.339 e. The molecule has 128 valence electrons. The molecule has 24 heavy (non-hydrogen) atoms. The number of carbonyl (C=O) groups is 1. The Labute approximate surface area is 136 Å². The van der Waals surface area contributed by atoms with Crippen LogP contribution in [0.15, 0.2) is 28.8 Å². The lowest BCUT2D eigenvalue weighted by molar-refractivity contribution is -0.138. The van der Waals surface area contributed by atoms with E-state index in [0.29, 0.717) is 24.7 Å². The molecule has 8 heteroatoms. The van der Waals surface area contributed by atoms with Crippen molar-refractivity contribution in [1.82, 2.24) is 15.0 Å². The average Bonchev–Trinajstić information content (AvgIpc) is 3.00. The summed E-state index contributed by atoms with van der Waals surface area (Å²) in [6.07, 6.45) is -3.14. The van der Waals surface area contributed by atoms with Crippen LogP contribution in [-0.2, 0) is 6.18 Å². The van der Waals surface area contributed by atoms with Gasteiger partial charge in [0.2, 0.25) is 5.89 Å². The lowest BCUT2D eigenvalue weighted by atomic mass is 9.96. The lowest BCUT2D eigenvalue weighted by Gasteiger charge is -2.31. The first-order valence-corrected chi connectivity index (χ1v) is 7.62. The molecule has 0 aliphatic carbocycles. The Balaban J connectivity index is 1.83. The molecule has 0 unspecified atom stereocenters. The average molecular weight is 339 g/mol. The van der Waals surface area contributed by atoms with E-state index in [1.807, 2.05) is 0 Å². The summed E-state index contributed by atoms with van der Waals surface area (Å²) in [6.45, 7) is 2.37. The van der Waals surface area contributed by atoms with Crippen molar-refractivity contribution < 1.29 is 22.5 Å². The van der Waals surface area contributed by atoms with E-state index in [-0.39, 0.29) is 18.0 Å². The molecule has 1 fully saturated rings. The molecule has 1 aliphatic rings. The molecular weight excluding hydrogens is 323 g/mol. The highest BCUT2D eigenvalue weighted by Crippen LogP contribution is 2.33. The maximum atomic E-state index is 13.1. The summed E-state index contributed by atoms with van der Waals surface area (Å²) in [5.41, 5.74) is -1.24. The highest BCUT2D eigenvalue weighted by molar-refractivity contribution is 5.96. The zero-order valence-corrected chi connectivity index (χ0v) is 13.0. The maximum absolute atomic E-state index is 13.1. The van der Waals surface area contributed by atoms with Gasteiger partial charge in [-0.3, -0.25) is 4.79 Å². The number of rotatable bonds is 2. The standard InChI is InChI=1S/C16H16F3N3O2/c1-10-20-14(24-21-10)11-5-4-8-22(9-11)15(23)12-6-2-3-7-13(12)16(17,18)19/h2-3,6-7,11H,4-5,8-9H2,1H3/t11-/m1/s1. The molecule has 0 bridgehead atoms. The van der Waals surface area contributed by atoms with Gasteiger partial charge in [-0.1, -0.05) is 17.3 Å². The summed E-state index contributed by atoms with van der Waals surface area (Å²) in [4.78, 5) is 18.2. The minimum absolute atomic E-state index is 0.151. The first-order chi connectivity index (χ1) is 11.4. The molecule has 0 saturated carbocycles. The largest absolute Gasteiger partial charge is 0.417 e. The highest BCUT2D eigenvalue weighted by atomic mass is 19.4. The minimum atomic E-state index is -4.56. The number of alkyl halides is 3. The van der Waals surface area contributed by atoms with Crippen LogP contribution in [0.3, 0.4) is 0 Å². The van der Waals surface area contributed by atoms with Crippen LogP contribution in [0, 0.1) is 6.92 Å². The minimum Gasteiger partial charge on any atom is -0.339 e. The maximum Gasteiger partial charge on any atom is 0.417 e. The molecule has 1 amide bonds. The SMILES string of the molecule is Cc1noc([C@@H]2CCCN(C(=O)c3ccccc3C(F)(F)F)C2)n1. The van der Waals surface area contributed by atoms with Crippen molar-refractivity contribution in [2.24, 2.45) is 0 Å². The number of aromatic nitrogens is 2. The third-order valence-electron chi connectivity index (χ3n) is 4.06. The van der Waals surface area contributed by atoms with Crippen LogP contribution < -0.4 is 0 Å². The summed E-state index contributed by atoms with van der Waals surface area (Å²) in [5.74, 6) is 0.149. The van der Waals surface area contributed by atoms with Crippen molar-refractivity contribution in [2.75, 3.05) is 13.1 Å². The van der Waals surface area contributed by atoms with Crippen LogP contribution in [0.5, 0.6) is 0 Å². The first kappa shape index (κ1) is 16.5. The van der Waals surface area contributed by atoms with E-state index in [2.05, 4.69) is 10.1 Å². The Morgan fingerprint density at radius 2 is 2.08 bits per heavy atom. The molecule has 0 N–H and O–H groups in total. The summed E-state index contributed by atoms with van der Waals surface area (Å²) in [6, 6.07) is 4.85. The fraction of sp³-hybridized carbons (Fsp3) is 0.438. The van der Waals surface area contributed by atoms with Gasteiger partial charge in [0.15, 0.2) is 5.82 Å². The summed E-state index contributed by atoms with van der Waals surface area (Å²) >= 11 is 0.